The summed E-state index contributed by atoms with van der Waals surface area (Å²) in [5.74, 6) is 0. The minimum absolute atomic E-state index is 0. The fourth-order valence-electron chi connectivity index (χ4n) is 0. The van der Waals surface area contributed by atoms with E-state index in [4.69, 9.17) is 15.3 Å². The van der Waals surface area contributed by atoms with Crippen LogP contribution in [0, 0.1) is 45.7 Å². The van der Waals surface area contributed by atoms with Crippen molar-refractivity contribution in [3.05, 3.63) is 10.1 Å². The van der Waals surface area contributed by atoms with Crippen molar-refractivity contribution in [3.8, 4) is 0 Å². The average Bonchev–Trinajstić information content (AvgIpc) is 0.811. The molecule has 10 nitrogen and oxygen atoms in total. The molecule has 0 spiro atoms. The van der Waals surface area contributed by atoms with Gasteiger partial charge >= 0.3 is 0 Å². The molecular formula is H13LaNO9. The zero-order valence-corrected chi connectivity index (χ0v) is 8.91. The molecule has 0 aromatic heterocycles. The van der Waals surface area contributed by atoms with Crippen LogP contribution >= 0.6 is 0 Å². The van der Waals surface area contributed by atoms with Crippen LogP contribution in [0.5, 0.6) is 0 Å². The van der Waals surface area contributed by atoms with Crippen molar-refractivity contribution in [1.82, 2.24) is 0 Å². The van der Waals surface area contributed by atoms with Crippen LogP contribution in [0.1, 0.15) is 0 Å². The summed E-state index contributed by atoms with van der Waals surface area (Å²) in [7, 11) is 0. The molecule has 0 unspecified atom stereocenters. The van der Waals surface area contributed by atoms with E-state index in [1.54, 1.807) is 0 Å². The van der Waals surface area contributed by atoms with Crippen molar-refractivity contribution in [1.29, 1.82) is 0 Å². The second-order valence-corrected chi connectivity index (χ2v) is 0.238. The number of hydrogen-bond acceptors (Lipinski definition) is 2. The minimum Gasteiger partial charge on any atom is -0.412 e. The third kappa shape index (κ3) is 28200. The molecule has 0 amide bonds. The zero-order chi connectivity index (χ0) is 3.58. The topological polar surface area (TPSA) is 252 Å². The first-order chi connectivity index (χ1) is 1.73. The normalized spacial score (nSPS) is 2.18. The molecule has 0 aliphatic heterocycles. The van der Waals surface area contributed by atoms with Crippen LogP contribution in [0.25, 0.3) is 0 Å². The van der Waals surface area contributed by atoms with Gasteiger partial charge in [-0.05, 0) is 0 Å². The summed E-state index contributed by atoms with van der Waals surface area (Å²) in [5.41, 5.74) is 0. The maximum Gasteiger partial charge on any atom is 0.291 e. The van der Waals surface area contributed by atoms with Crippen molar-refractivity contribution in [3.63, 3.8) is 0 Å². The molecule has 0 heterocycles. The Bertz CT molecular complexity index is 32.5. The van der Waals surface area contributed by atoms with Crippen molar-refractivity contribution in [2.24, 2.45) is 0 Å². The van der Waals surface area contributed by atoms with E-state index in [0.717, 1.165) is 0 Å². The van der Waals surface area contributed by atoms with Crippen molar-refractivity contribution >= 4 is 0 Å². The Kier molecular flexibility index (Phi) is 898. The molecule has 0 fully saturated rings. The van der Waals surface area contributed by atoms with Gasteiger partial charge in [-0.1, -0.05) is 0 Å². The Labute approximate surface area is 88.8 Å². The molecule has 0 saturated heterocycles. The van der Waals surface area contributed by atoms with Crippen LogP contribution in [0.2, 0.25) is 0 Å². The van der Waals surface area contributed by atoms with Gasteiger partial charge in [0, 0.05) is 35.6 Å². The predicted octanol–water partition coefficient (Wildman–Crippen LogP) is -5.30. The number of hydrogen-bond donors (Lipinski definition) is 1. The fraction of sp³-hybridized carbons (Fsp3) is 0. The Balaban J connectivity index is -0.00000000214. The molecular weight excluding hydrogens is 297 g/mol. The van der Waals surface area contributed by atoms with E-state index >= 15 is 0 Å². The standard InChI is InChI=1S/La.HNO3.6H2O/c;2-1(3)4;;;;;;/h;(H,2,3,4);6*1H2. The van der Waals surface area contributed by atoms with Crippen LogP contribution in [-0.2, 0) is 0 Å². The summed E-state index contributed by atoms with van der Waals surface area (Å²) >= 11 is 0. The van der Waals surface area contributed by atoms with Crippen molar-refractivity contribution in [2.45, 2.75) is 0 Å². The first-order valence-corrected chi connectivity index (χ1v) is 0.565. The van der Waals surface area contributed by atoms with Gasteiger partial charge in [-0.15, -0.1) is 10.1 Å². The average molecular weight is 310 g/mol. The molecule has 0 saturated carbocycles. The molecule has 0 atom stereocenters. The summed E-state index contributed by atoms with van der Waals surface area (Å²) in [6.45, 7) is 0. The third-order valence-electron chi connectivity index (χ3n) is 0. The number of rotatable bonds is 0. The molecule has 0 aromatic carbocycles. The Morgan fingerprint density at radius 1 is 0.909 bits per heavy atom. The summed E-state index contributed by atoms with van der Waals surface area (Å²) in [4.78, 5) is 8.36. The molecule has 11 heavy (non-hydrogen) atoms. The summed E-state index contributed by atoms with van der Waals surface area (Å²) < 4.78 is 0. The summed E-state index contributed by atoms with van der Waals surface area (Å²) in [5, 5.41) is 13.6. The van der Waals surface area contributed by atoms with Gasteiger partial charge in [-0.3, -0.25) is 0 Å². The SMILES string of the molecule is O.O.O.O.O.O.O=[N+]([O-])O.[La]. The second kappa shape index (κ2) is 85.5. The van der Waals surface area contributed by atoms with E-state index in [2.05, 4.69) is 0 Å². The molecule has 13 N–H and O–H groups in total. The van der Waals surface area contributed by atoms with E-state index < -0.39 is 5.09 Å². The molecule has 1 radical (unpaired) electrons. The van der Waals surface area contributed by atoms with Gasteiger partial charge in [-0.2, -0.15) is 0 Å². The second-order valence-electron chi connectivity index (χ2n) is 0.238. The van der Waals surface area contributed by atoms with Crippen LogP contribution in [0.4, 0.5) is 0 Å². The molecule has 11 heteroatoms. The molecule has 75 valence electrons. The first kappa shape index (κ1) is 116. The van der Waals surface area contributed by atoms with E-state index in [-0.39, 0.29) is 68.5 Å². The molecule has 0 bridgehead atoms. The van der Waals surface area contributed by atoms with E-state index in [0.29, 0.717) is 0 Å². The fourth-order valence-corrected chi connectivity index (χ4v) is 0. The third-order valence-corrected chi connectivity index (χ3v) is 0. The van der Waals surface area contributed by atoms with Gasteiger partial charge in [0.1, 0.15) is 0 Å². The van der Waals surface area contributed by atoms with Crippen LogP contribution in [-0.4, -0.2) is 43.2 Å². The zero-order valence-electron chi connectivity index (χ0n) is 5.29. The Morgan fingerprint density at radius 3 is 0.909 bits per heavy atom. The maximum atomic E-state index is 8.36. The Hall–Kier alpha value is 0.155. The first-order valence-electron chi connectivity index (χ1n) is 0.565. The molecule has 0 aliphatic rings. The molecule has 0 aromatic rings. The number of nitrogens with zero attached hydrogens (tertiary/aromatic N) is 1. The van der Waals surface area contributed by atoms with Crippen LogP contribution in [0.15, 0.2) is 0 Å². The quantitative estimate of drug-likeness (QED) is 0.340. The summed E-state index contributed by atoms with van der Waals surface area (Å²) in [6, 6.07) is 0. The maximum absolute atomic E-state index is 8.36. The van der Waals surface area contributed by atoms with Gasteiger partial charge in [-0.25, -0.2) is 0 Å². The van der Waals surface area contributed by atoms with E-state index in [1.165, 1.54) is 0 Å². The van der Waals surface area contributed by atoms with Crippen LogP contribution in [0.3, 0.4) is 0 Å². The van der Waals surface area contributed by atoms with Crippen molar-refractivity contribution in [2.75, 3.05) is 0 Å². The van der Waals surface area contributed by atoms with Gasteiger partial charge in [0.25, 0.3) is 5.09 Å². The van der Waals surface area contributed by atoms with Gasteiger partial charge in [0.15, 0.2) is 0 Å². The summed E-state index contributed by atoms with van der Waals surface area (Å²) in [6.07, 6.45) is 0. The largest absolute Gasteiger partial charge is 0.412 e. The Morgan fingerprint density at radius 2 is 0.909 bits per heavy atom. The van der Waals surface area contributed by atoms with Crippen LogP contribution < -0.4 is 0 Å². The molecule has 0 rings (SSSR count). The van der Waals surface area contributed by atoms with E-state index in [1.807, 2.05) is 0 Å². The van der Waals surface area contributed by atoms with Gasteiger partial charge < -0.3 is 38.1 Å². The van der Waals surface area contributed by atoms with Gasteiger partial charge in [0.2, 0.25) is 0 Å². The van der Waals surface area contributed by atoms with Crippen molar-refractivity contribution < 1.29 is 78.7 Å². The monoisotopic (exact) mass is 310 g/mol. The predicted molar refractivity (Wildman–Crippen MR) is 30.5 cm³/mol. The minimum atomic E-state index is -1.50. The van der Waals surface area contributed by atoms with Gasteiger partial charge in [0.05, 0.1) is 0 Å². The van der Waals surface area contributed by atoms with E-state index in [9.17, 15) is 0 Å². The molecule has 0 aliphatic carbocycles. The smallest absolute Gasteiger partial charge is 0.291 e.